The third kappa shape index (κ3) is 6.68. The molecular weight excluding hydrogens is 827 g/mol. The maximum absolute atomic E-state index is 5.43. The zero-order valence-electron chi connectivity index (χ0n) is 36.9. The molecule has 0 saturated heterocycles. The summed E-state index contributed by atoms with van der Waals surface area (Å²) in [6.07, 6.45) is 0. The highest BCUT2D eigenvalue weighted by Crippen LogP contribution is 2.43. The predicted molar refractivity (Wildman–Crippen MR) is 281 cm³/mol. The average molecular weight is 868 g/mol. The van der Waals surface area contributed by atoms with Gasteiger partial charge in [0.25, 0.3) is 0 Å². The molecular formula is C63H41N5. The number of rotatable bonds is 8. The van der Waals surface area contributed by atoms with Gasteiger partial charge in [-0.3, -0.25) is 4.57 Å². The van der Waals surface area contributed by atoms with Gasteiger partial charge in [0.15, 0.2) is 11.6 Å². The van der Waals surface area contributed by atoms with Gasteiger partial charge in [-0.05, 0) is 69.3 Å². The summed E-state index contributed by atoms with van der Waals surface area (Å²) in [5.74, 6) is 1.77. The lowest BCUT2D eigenvalue weighted by Crippen LogP contribution is -2.06. The fourth-order valence-corrected chi connectivity index (χ4v) is 10.00. The molecule has 0 bridgehead atoms. The molecule has 13 aromatic rings. The first kappa shape index (κ1) is 39.2. The van der Waals surface area contributed by atoms with E-state index < -0.39 is 0 Å². The van der Waals surface area contributed by atoms with Crippen LogP contribution >= 0.6 is 0 Å². The summed E-state index contributed by atoms with van der Waals surface area (Å²) >= 11 is 0. The van der Waals surface area contributed by atoms with E-state index in [0.717, 1.165) is 82.7 Å². The fraction of sp³-hybridized carbons (Fsp3) is 0. The summed E-state index contributed by atoms with van der Waals surface area (Å²) < 4.78 is 4.69. The molecule has 0 unspecified atom stereocenters. The second-order valence-electron chi connectivity index (χ2n) is 17.2. The van der Waals surface area contributed by atoms with Crippen molar-refractivity contribution in [2.75, 3.05) is 0 Å². The van der Waals surface area contributed by atoms with Gasteiger partial charge in [0.05, 0.1) is 27.8 Å². The van der Waals surface area contributed by atoms with E-state index in [1.165, 1.54) is 22.3 Å². The topological polar surface area (TPSA) is 48.5 Å². The van der Waals surface area contributed by atoms with E-state index in [9.17, 15) is 0 Å². The lowest BCUT2D eigenvalue weighted by Gasteiger charge is -2.15. The first-order valence-electron chi connectivity index (χ1n) is 23.0. The molecule has 0 radical (unpaired) electrons. The van der Waals surface area contributed by atoms with Crippen LogP contribution in [0.15, 0.2) is 249 Å². The fourth-order valence-electron chi connectivity index (χ4n) is 10.00. The van der Waals surface area contributed by atoms with E-state index in [1.54, 1.807) is 0 Å². The molecule has 0 atom stereocenters. The highest BCUT2D eigenvalue weighted by molar-refractivity contribution is 6.26. The number of nitrogens with zero attached hydrogens (tertiary/aromatic N) is 5. The van der Waals surface area contributed by atoms with E-state index in [4.69, 9.17) is 15.0 Å². The van der Waals surface area contributed by atoms with Crippen LogP contribution in [0, 0.1) is 0 Å². The number of aromatic nitrogens is 5. The Morgan fingerprint density at radius 3 is 1.40 bits per heavy atom. The van der Waals surface area contributed by atoms with Crippen molar-refractivity contribution in [3.8, 4) is 78.9 Å². The largest absolute Gasteiger partial charge is 0.309 e. The molecule has 0 fully saturated rings. The van der Waals surface area contributed by atoms with Gasteiger partial charge in [-0.15, -0.1) is 0 Å². The highest BCUT2D eigenvalue weighted by atomic mass is 15.2. The third-order valence-corrected chi connectivity index (χ3v) is 13.2. The molecule has 13 rings (SSSR count). The molecule has 0 saturated carbocycles. The van der Waals surface area contributed by atoms with Crippen molar-refractivity contribution in [3.63, 3.8) is 0 Å². The minimum atomic E-state index is 0.556. The zero-order chi connectivity index (χ0) is 45.0. The lowest BCUT2D eigenvalue weighted by atomic mass is 9.99. The molecule has 3 aromatic heterocycles. The second-order valence-corrected chi connectivity index (χ2v) is 17.2. The van der Waals surface area contributed by atoms with Crippen molar-refractivity contribution in [2.24, 2.45) is 0 Å². The van der Waals surface area contributed by atoms with E-state index in [1.807, 2.05) is 24.3 Å². The Kier molecular flexibility index (Phi) is 9.43. The van der Waals surface area contributed by atoms with Crippen LogP contribution in [-0.4, -0.2) is 24.1 Å². The Morgan fingerprint density at radius 1 is 0.265 bits per heavy atom. The second kappa shape index (κ2) is 16.4. The van der Waals surface area contributed by atoms with Crippen LogP contribution in [0.25, 0.3) is 123 Å². The number of fused-ring (bicyclic) bond motifs is 7. The average Bonchev–Trinajstić information content (AvgIpc) is 3.95. The molecule has 0 aliphatic carbocycles. The molecule has 0 aliphatic heterocycles. The van der Waals surface area contributed by atoms with Crippen LogP contribution in [0.2, 0.25) is 0 Å². The summed E-state index contributed by atoms with van der Waals surface area (Å²) in [6, 6.07) is 88.2. The SMILES string of the molecule is c1ccc(-c2ccc(-c3cccc(-c4nc(-c5ccccc5)nc(-n5c6ccccc6c6ccc7c(c8ccccc8n7-c7ccccc7-c7ccc(-c8ccccc8)cc7)c65)n4)c3)cc2)cc1. The van der Waals surface area contributed by atoms with Crippen molar-refractivity contribution in [3.05, 3.63) is 249 Å². The van der Waals surface area contributed by atoms with Gasteiger partial charge >= 0.3 is 0 Å². The Bertz CT molecular complexity index is 3980. The minimum absolute atomic E-state index is 0.556. The molecule has 10 aromatic carbocycles. The Hall–Kier alpha value is -9.19. The van der Waals surface area contributed by atoms with Gasteiger partial charge in [-0.2, -0.15) is 9.97 Å². The number of hydrogen-bond acceptors (Lipinski definition) is 3. The quantitative estimate of drug-likeness (QED) is 0.153. The maximum Gasteiger partial charge on any atom is 0.238 e. The minimum Gasteiger partial charge on any atom is -0.309 e. The van der Waals surface area contributed by atoms with Crippen LogP contribution in [0.3, 0.4) is 0 Å². The molecule has 5 heteroatoms. The Balaban J connectivity index is 1.02. The Morgan fingerprint density at radius 2 is 0.735 bits per heavy atom. The van der Waals surface area contributed by atoms with Gasteiger partial charge < -0.3 is 4.57 Å². The predicted octanol–water partition coefficient (Wildman–Crippen LogP) is 16.1. The van der Waals surface area contributed by atoms with Crippen molar-refractivity contribution in [1.29, 1.82) is 0 Å². The van der Waals surface area contributed by atoms with Crippen molar-refractivity contribution in [2.45, 2.75) is 0 Å². The van der Waals surface area contributed by atoms with Crippen molar-refractivity contribution >= 4 is 43.6 Å². The molecule has 318 valence electrons. The van der Waals surface area contributed by atoms with Crippen LogP contribution in [0.5, 0.6) is 0 Å². The summed E-state index contributed by atoms with van der Waals surface area (Å²) in [5, 5.41) is 4.54. The number of hydrogen-bond donors (Lipinski definition) is 0. The lowest BCUT2D eigenvalue weighted by molar-refractivity contribution is 0.955. The maximum atomic E-state index is 5.43. The molecule has 68 heavy (non-hydrogen) atoms. The van der Waals surface area contributed by atoms with Gasteiger partial charge in [0.2, 0.25) is 5.95 Å². The van der Waals surface area contributed by atoms with E-state index in [0.29, 0.717) is 17.6 Å². The Labute approximate surface area is 393 Å². The summed E-state index contributed by atoms with van der Waals surface area (Å²) in [7, 11) is 0. The van der Waals surface area contributed by atoms with E-state index >= 15 is 0 Å². The van der Waals surface area contributed by atoms with Crippen LogP contribution in [0.4, 0.5) is 0 Å². The summed E-state index contributed by atoms with van der Waals surface area (Å²) in [5.41, 5.74) is 16.5. The van der Waals surface area contributed by atoms with E-state index in [2.05, 4.69) is 234 Å². The monoisotopic (exact) mass is 867 g/mol. The standard InChI is InChI=1S/C63H41N5/c1-4-17-42(18-5-1)44-31-33-46(34-32-44)49-23-16-24-50(41-49)62-64-61(48-21-8-3-9-22-48)65-63(66-62)68-56-29-14-11-26-52(56)53-39-40-58-59(60(53)68)54-27-12-15-30-57(54)67(58)55-28-13-10-25-51(55)47-37-35-45(36-38-47)43-19-6-2-7-20-43/h1-41H. The normalized spacial score (nSPS) is 11.5. The molecule has 0 aliphatic rings. The summed E-state index contributed by atoms with van der Waals surface area (Å²) in [6.45, 7) is 0. The van der Waals surface area contributed by atoms with Crippen LogP contribution in [0.1, 0.15) is 0 Å². The molecule has 3 heterocycles. The molecule has 0 N–H and O–H groups in total. The van der Waals surface area contributed by atoms with Gasteiger partial charge in [0, 0.05) is 38.2 Å². The first-order valence-corrected chi connectivity index (χ1v) is 23.0. The number of benzene rings is 10. The van der Waals surface area contributed by atoms with Gasteiger partial charge in [-0.1, -0.05) is 218 Å². The van der Waals surface area contributed by atoms with Crippen LogP contribution < -0.4 is 0 Å². The zero-order valence-corrected chi connectivity index (χ0v) is 36.9. The smallest absolute Gasteiger partial charge is 0.238 e. The molecule has 0 spiro atoms. The van der Waals surface area contributed by atoms with Crippen molar-refractivity contribution < 1.29 is 0 Å². The first-order chi connectivity index (χ1) is 33.7. The van der Waals surface area contributed by atoms with Gasteiger partial charge in [0.1, 0.15) is 0 Å². The highest BCUT2D eigenvalue weighted by Gasteiger charge is 2.24. The van der Waals surface area contributed by atoms with Gasteiger partial charge in [-0.25, -0.2) is 4.98 Å². The third-order valence-electron chi connectivity index (χ3n) is 13.2. The molecule has 0 amide bonds. The van der Waals surface area contributed by atoms with Crippen molar-refractivity contribution in [1.82, 2.24) is 24.1 Å². The molecule has 5 nitrogen and oxygen atoms in total. The summed E-state index contributed by atoms with van der Waals surface area (Å²) in [4.78, 5) is 16.0. The van der Waals surface area contributed by atoms with E-state index in [-0.39, 0.29) is 0 Å². The number of para-hydroxylation sites is 3. The van der Waals surface area contributed by atoms with Crippen LogP contribution in [-0.2, 0) is 0 Å².